The largest absolute Gasteiger partial charge is 0.330 e. The monoisotopic (exact) mass is 180 g/mol. The van der Waals surface area contributed by atoms with Gasteiger partial charge in [-0.3, -0.25) is 4.98 Å². The predicted molar refractivity (Wildman–Crippen MR) is 51.5 cm³/mol. The molecule has 0 radical (unpaired) electrons. The van der Waals surface area contributed by atoms with Crippen molar-refractivity contribution in [3.63, 3.8) is 0 Å². The number of halogens is 1. The number of pyridine rings is 1. The summed E-state index contributed by atoms with van der Waals surface area (Å²) in [6.07, 6.45) is 4.04. The molecule has 2 nitrogen and oxygen atoms in total. The second kappa shape index (κ2) is 4.72. The van der Waals surface area contributed by atoms with Crippen molar-refractivity contribution in [3.8, 4) is 0 Å². The zero-order chi connectivity index (χ0) is 9.68. The predicted octanol–water partition coefficient (Wildman–Crippen LogP) is 1.97. The Hall–Kier alpha value is -1.22. The highest BCUT2D eigenvalue weighted by Gasteiger charge is 1.96. The van der Waals surface area contributed by atoms with Crippen LogP contribution in [0.3, 0.4) is 0 Å². The third-order valence-corrected chi connectivity index (χ3v) is 1.75. The topological polar surface area (TPSA) is 38.9 Å². The Labute approximate surface area is 77.3 Å². The Kier molecular flexibility index (Phi) is 3.58. The average molecular weight is 180 g/mol. The van der Waals surface area contributed by atoms with Crippen LogP contribution in [-0.4, -0.2) is 11.5 Å². The Bertz CT molecular complexity index is 290. The number of nitrogens with zero attached hydrogens (tertiary/aromatic N) is 1. The van der Waals surface area contributed by atoms with E-state index in [1.54, 1.807) is 6.07 Å². The molecular formula is C10H13FN2. The van der Waals surface area contributed by atoms with Crippen molar-refractivity contribution >= 4 is 5.57 Å². The number of nitrogens with two attached hydrogens (primary N) is 1. The summed E-state index contributed by atoms with van der Waals surface area (Å²) in [4.78, 5) is 3.95. The van der Waals surface area contributed by atoms with Crippen LogP contribution < -0.4 is 5.73 Å². The standard InChI is InChI=1S/C10H13FN2/c1-8(3-2-6-12)10-5-4-9(11)7-13-10/h3-5,7H,2,6,12H2,1H3/b8-3-. The maximum absolute atomic E-state index is 12.5. The molecule has 0 aliphatic carbocycles. The molecular weight excluding hydrogens is 167 g/mol. The third kappa shape index (κ3) is 2.95. The van der Waals surface area contributed by atoms with Crippen molar-refractivity contribution in [1.29, 1.82) is 0 Å². The quantitative estimate of drug-likeness (QED) is 0.772. The van der Waals surface area contributed by atoms with Gasteiger partial charge in [-0.15, -0.1) is 0 Å². The van der Waals surface area contributed by atoms with Gasteiger partial charge < -0.3 is 5.73 Å². The third-order valence-electron chi connectivity index (χ3n) is 1.75. The van der Waals surface area contributed by atoms with Crippen molar-refractivity contribution in [3.05, 3.63) is 35.9 Å². The summed E-state index contributed by atoms with van der Waals surface area (Å²) in [5, 5.41) is 0. The molecule has 2 N–H and O–H groups in total. The lowest BCUT2D eigenvalue weighted by atomic mass is 10.1. The molecule has 1 heterocycles. The maximum Gasteiger partial charge on any atom is 0.141 e. The lowest BCUT2D eigenvalue weighted by molar-refractivity contribution is 0.621. The van der Waals surface area contributed by atoms with Crippen LogP contribution in [0.15, 0.2) is 24.4 Å². The van der Waals surface area contributed by atoms with Gasteiger partial charge in [-0.2, -0.15) is 0 Å². The first kappa shape index (κ1) is 9.86. The Morgan fingerprint density at radius 3 is 2.92 bits per heavy atom. The van der Waals surface area contributed by atoms with Crippen LogP contribution >= 0.6 is 0 Å². The Balaban J connectivity index is 2.77. The molecule has 0 aromatic carbocycles. The number of hydrogen-bond acceptors (Lipinski definition) is 2. The molecule has 1 aromatic heterocycles. The van der Waals surface area contributed by atoms with E-state index in [1.165, 1.54) is 12.3 Å². The molecule has 3 heteroatoms. The maximum atomic E-state index is 12.5. The van der Waals surface area contributed by atoms with E-state index in [1.807, 2.05) is 13.0 Å². The number of rotatable bonds is 3. The van der Waals surface area contributed by atoms with Gasteiger partial charge in [-0.05, 0) is 37.6 Å². The Morgan fingerprint density at radius 2 is 2.38 bits per heavy atom. The fraction of sp³-hybridized carbons (Fsp3) is 0.300. The van der Waals surface area contributed by atoms with Crippen LogP contribution in [0.1, 0.15) is 19.0 Å². The number of hydrogen-bond donors (Lipinski definition) is 1. The highest BCUT2D eigenvalue weighted by atomic mass is 19.1. The molecule has 0 saturated heterocycles. The molecule has 0 amide bonds. The summed E-state index contributed by atoms with van der Waals surface area (Å²) >= 11 is 0. The second-order valence-electron chi connectivity index (χ2n) is 2.83. The van der Waals surface area contributed by atoms with Crippen molar-refractivity contribution in [1.82, 2.24) is 4.98 Å². The highest BCUT2D eigenvalue weighted by Crippen LogP contribution is 2.11. The summed E-state index contributed by atoms with van der Waals surface area (Å²) in [6.45, 7) is 2.56. The van der Waals surface area contributed by atoms with Gasteiger partial charge in [0.05, 0.1) is 11.9 Å². The zero-order valence-electron chi connectivity index (χ0n) is 7.63. The molecule has 70 valence electrons. The van der Waals surface area contributed by atoms with Gasteiger partial charge in [0, 0.05) is 0 Å². The molecule has 1 aromatic rings. The van der Waals surface area contributed by atoms with E-state index in [-0.39, 0.29) is 5.82 Å². The molecule has 0 bridgehead atoms. The van der Waals surface area contributed by atoms with Gasteiger partial charge in [0.2, 0.25) is 0 Å². The fourth-order valence-electron chi connectivity index (χ4n) is 1.01. The second-order valence-corrected chi connectivity index (χ2v) is 2.83. The molecule has 0 spiro atoms. The van der Waals surface area contributed by atoms with Gasteiger partial charge in [0.25, 0.3) is 0 Å². The van der Waals surface area contributed by atoms with E-state index in [9.17, 15) is 4.39 Å². The van der Waals surface area contributed by atoms with Crippen LogP contribution in [0.4, 0.5) is 4.39 Å². The van der Waals surface area contributed by atoms with Gasteiger partial charge in [0.1, 0.15) is 5.82 Å². The van der Waals surface area contributed by atoms with Crippen molar-refractivity contribution in [2.24, 2.45) is 5.73 Å². The first-order valence-electron chi connectivity index (χ1n) is 4.23. The highest BCUT2D eigenvalue weighted by molar-refractivity contribution is 5.59. The SMILES string of the molecule is C/C(=C/CCN)c1ccc(F)cn1. The van der Waals surface area contributed by atoms with Gasteiger partial charge in [0.15, 0.2) is 0 Å². The first-order chi connectivity index (χ1) is 6.24. The van der Waals surface area contributed by atoms with Crippen LogP contribution in [0.25, 0.3) is 5.57 Å². The van der Waals surface area contributed by atoms with Gasteiger partial charge in [-0.1, -0.05) is 6.08 Å². The summed E-state index contributed by atoms with van der Waals surface area (Å²) in [5.41, 5.74) is 7.19. The van der Waals surface area contributed by atoms with E-state index in [0.717, 1.165) is 17.7 Å². The molecule has 1 rings (SSSR count). The van der Waals surface area contributed by atoms with Crippen LogP contribution in [0, 0.1) is 5.82 Å². The van der Waals surface area contributed by atoms with Crippen LogP contribution in [0.2, 0.25) is 0 Å². The van der Waals surface area contributed by atoms with E-state index < -0.39 is 0 Å². The Morgan fingerprint density at radius 1 is 1.62 bits per heavy atom. The van der Waals surface area contributed by atoms with Crippen LogP contribution in [-0.2, 0) is 0 Å². The lowest BCUT2D eigenvalue weighted by Crippen LogP contribution is -1.96. The molecule has 0 saturated carbocycles. The van der Waals surface area contributed by atoms with E-state index in [0.29, 0.717) is 6.54 Å². The van der Waals surface area contributed by atoms with Gasteiger partial charge in [-0.25, -0.2) is 4.39 Å². The normalized spacial score (nSPS) is 11.8. The molecule has 0 unspecified atom stereocenters. The minimum atomic E-state index is -0.310. The van der Waals surface area contributed by atoms with E-state index in [4.69, 9.17) is 5.73 Å². The zero-order valence-corrected chi connectivity index (χ0v) is 7.63. The van der Waals surface area contributed by atoms with E-state index >= 15 is 0 Å². The molecule has 0 atom stereocenters. The summed E-state index contributed by atoms with van der Waals surface area (Å²) in [6, 6.07) is 3.07. The molecule has 0 aliphatic heterocycles. The van der Waals surface area contributed by atoms with Crippen molar-refractivity contribution in [2.75, 3.05) is 6.54 Å². The van der Waals surface area contributed by atoms with Gasteiger partial charge >= 0.3 is 0 Å². The first-order valence-corrected chi connectivity index (χ1v) is 4.23. The number of allylic oxidation sites excluding steroid dienone is 1. The van der Waals surface area contributed by atoms with Crippen molar-refractivity contribution in [2.45, 2.75) is 13.3 Å². The van der Waals surface area contributed by atoms with E-state index in [2.05, 4.69) is 4.98 Å². The minimum Gasteiger partial charge on any atom is -0.330 e. The van der Waals surface area contributed by atoms with Crippen molar-refractivity contribution < 1.29 is 4.39 Å². The minimum absolute atomic E-state index is 0.310. The molecule has 13 heavy (non-hydrogen) atoms. The lowest BCUT2D eigenvalue weighted by Gasteiger charge is -1.99. The molecule has 0 aliphatic rings. The molecule has 0 fully saturated rings. The number of aromatic nitrogens is 1. The smallest absolute Gasteiger partial charge is 0.141 e. The summed E-state index contributed by atoms with van der Waals surface area (Å²) in [5.74, 6) is -0.310. The van der Waals surface area contributed by atoms with Crippen LogP contribution in [0.5, 0.6) is 0 Å². The summed E-state index contributed by atoms with van der Waals surface area (Å²) < 4.78 is 12.5. The average Bonchev–Trinajstić information content (AvgIpc) is 2.15. The summed E-state index contributed by atoms with van der Waals surface area (Å²) in [7, 11) is 0. The fourth-order valence-corrected chi connectivity index (χ4v) is 1.01.